The van der Waals surface area contributed by atoms with Gasteiger partial charge >= 0.3 is 11.8 Å². The van der Waals surface area contributed by atoms with E-state index in [-0.39, 0.29) is 13.5 Å². The standard InChI is InChI=1S/C12H17F5O2/c1-6-7-18-8-10(4,13)19-9(2,3)12(16,17)11(5,14)15/h1H,7-8H2,2-5H3. The van der Waals surface area contributed by atoms with E-state index in [9.17, 15) is 22.0 Å². The third-order valence-electron chi connectivity index (χ3n) is 2.32. The van der Waals surface area contributed by atoms with Gasteiger partial charge in [-0.05, 0) is 20.8 Å². The van der Waals surface area contributed by atoms with E-state index in [1.807, 2.05) is 5.92 Å². The fourth-order valence-electron chi connectivity index (χ4n) is 1.45. The molecule has 0 aliphatic rings. The van der Waals surface area contributed by atoms with Gasteiger partial charge in [0, 0.05) is 6.92 Å². The van der Waals surface area contributed by atoms with Crippen LogP contribution in [0.2, 0.25) is 0 Å². The van der Waals surface area contributed by atoms with Crippen LogP contribution in [0.3, 0.4) is 0 Å². The molecular weight excluding hydrogens is 271 g/mol. The third-order valence-corrected chi connectivity index (χ3v) is 2.32. The molecule has 0 aromatic heterocycles. The summed E-state index contributed by atoms with van der Waals surface area (Å²) in [5.41, 5.74) is -2.73. The molecular formula is C12H17F5O2. The predicted molar refractivity (Wildman–Crippen MR) is 59.9 cm³/mol. The molecule has 19 heavy (non-hydrogen) atoms. The second kappa shape index (κ2) is 5.63. The fraction of sp³-hybridized carbons (Fsp3) is 0.833. The average molecular weight is 288 g/mol. The maximum atomic E-state index is 13.8. The normalized spacial score (nSPS) is 16.8. The smallest absolute Gasteiger partial charge is 0.337 e. The van der Waals surface area contributed by atoms with E-state index in [0.29, 0.717) is 13.8 Å². The van der Waals surface area contributed by atoms with Gasteiger partial charge in [0.05, 0.1) is 0 Å². The molecule has 0 saturated carbocycles. The van der Waals surface area contributed by atoms with Gasteiger partial charge in [-0.1, -0.05) is 5.92 Å². The average Bonchev–Trinajstić information content (AvgIpc) is 2.13. The molecule has 0 N–H and O–H groups in total. The Morgan fingerprint density at radius 2 is 1.47 bits per heavy atom. The van der Waals surface area contributed by atoms with Gasteiger partial charge in [0.1, 0.15) is 18.8 Å². The molecule has 7 heteroatoms. The maximum absolute atomic E-state index is 13.8. The summed E-state index contributed by atoms with van der Waals surface area (Å²) < 4.78 is 75.7. The Kier molecular flexibility index (Phi) is 5.37. The Bertz CT molecular complexity index is 339. The van der Waals surface area contributed by atoms with Gasteiger partial charge in [-0.2, -0.15) is 8.78 Å². The van der Waals surface area contributed by atoms with Crippen LogP contribution in [0.25, 0.3) is 0 Å². The molecule has 0 fully saturated rings. The molecule has 0 aliphatic heterocycles. The number of ether oxygens (including phenoxy) is 2. The number of terminal acetylenes is 1. The van der Waals surface area contributed by atoms with E-state index in [2.05, 4.69) is 9.47 Å². The number of alkyl halides is 5. The summed E-state index contributed by atoms with van der Waals surface area (Å²) in [4.78, 5) is 0. The van der Waals surface area contributed by atoms with Crippen molar-refractivity contribution in [1.29, 1.82) is 0 Å². The van der Waals surface area contributed by atoms with E-state index >= 15 is 0 Å². The highest BCUT2D eigenvalue weighted by Gasteiger charge is 2.64. The first-order valence-corrected chi connectivity index (χ1v) is 5.43. The molecule has 1 atom stereocenters. The minimum absolute atomic E-state index is 0.0442. The molecule has 0 saturated heterocycles. The van der Waals surface area contributed by atoms with Crippen molar-refractivity contribution in [2.24, 2.45) is 0 Å². The summed E-state index contributed by atoms with van der Waals surface area (Å²) in [5.74, 6) is -9.54. The molecule has 0 radical (unpaired) electrons. The molecule has 0 amide bonds. The lowest BCUT2D eigenvalue weighted by molar-refractivity contribution is -0.334. The first kappa shape index (κ1) is 18.1. The van der Waals surface area contributed by atoms with Gasteiger partial charge in [0.15, 0.2) is 0 Å². The summed E-state index contributed by atoms with van der Waals surface area (Å²) in [6.07, 6.45) is 4.85. The van der Waals surface area contributed by atoms with Crippen molar-refractivity contribution in [2.75, 3.05) is 13.2 Å². The van der Waals surface area contributed by atoms with Gasteiger partial charge < -0.3 is 9.47 Å². The first-order valence-electron chi connectivity index (χ1n) is 5.43. The van der Waals surface area contributed by atoms with Crippen molar-refractivity contribution >= 4 is 0 Å². The zero-order valence-corrected chi connectivity index (χ0v) is 11.2. The minimum atomic E-state index is -4.56. The van der Waals surface area contributed by atoms with Gasteiger partial charge in [-0.15, -0.1) is 6.42 Å². The van der Waals surface area contributed by atoms with Crippen LogP contribution in [-0.2, 0) is 9.47 Å². The zero-order valence-electron chi connectivity index (χ0n) is 11.2. The molecule has 0 bridgehead atoms. The second-order valence-corrected chi connectivity index (χ2v) is 4.87. The second-order valence-electron chi connectivity index (χ2n) is 4.87. The quantitative estimate of drug-likeness (QED) is 0.406. The topological polar surface area (TPSA) is 18.5 Å². The van der Waals surface area contributed by atoms with Gasteiger partial charge in [-0.3, -0.25) is 0 Å². The van der Waals surface area contributed by atoms with E-state index < -0.39 is 29.9 Å². The number of hydrogen-bond donors (Lipinski definition) is 0. The van der Waals surface area contributed by atoms with E-state index in [0.717, 1.165) is 6.92 Å². The van der Waals surface area contributed by atoms with Crippen LogP contribution in [0, 0.1) is 12.3 Å². The molecule has 0 aliphatic carbocycles. The van der Waals surface area contributed by atoms with Gasteiger partial charge in [0.2, 0.25) is 5.85 Å². The molecule has 2 nitrogen and oxygen atoms in total. The Balaban J connectivity index is 4.90. The van der Waals surface area contributed by atoms with Crippen LogP contribution in [0.4, 0.5) is 22.0 Å². The Morgan fingerprint density at radius 1 is 1.00 bits per heavy atom. The van der Waals surface area contributed by atoms with E-state index in [4.69, 9.17) is 6.42 Å². The number of halogens is 5. The van der Waals surface area contributed by atoms with Crippen molar-refractivity contribution < 1.29 is 31.4 Å². The molecule has 0 spiro atoms. The molecule has 1 unspecified atom stereocenters. The van der Waals surface area contributed by atoms with Crippen molar-refractivity contribution in [3.8, 4) is 12.3 Å². The highest BCUT2D eigenvalue weighted by molar-refractivity contribution is 4.97. The largest absolute Gasteiger partial charge is 0.363 e. The van der Waals surface area contributed by atoms with Crippen molar-refractivity contribution in [3.63, 3.8) is 0 Å². The summed E-state index contributed by atoms with van der Waals surface area (Å²) in [7, 11) is 0. The Morgan fingerprint density at radius 3 is 1.84 bits per heavy atom. The highest BCUT2D eigenvalue weighted by atomic mass is 19.3. The molecule has 112 valence electrons. The lowest BCUT2D eigenvalue weighted by Gasteiger charge is -2.40. The van der Waals surface area contributed by atoms with Crippen LogP contribution >= 0.6 is 0 Å². The van der Waals surface area contributed by atoms with Crippen LogP contribution < -0.4 is 0 Å². The minimum Gasteiger partial charge on any atom is -0.363 e. The van der Waals surface area contributed by atoms with Crippen LogP contribution in [-0.4, -0.2) is 36.5 Å². The van der Waals surface area contributed by atoms with Crippen LogP contribution in [0.15, 0.2) is 0 Å². The van der Waals surface area contributed by atoms with Crippen LogP contribution in [0.5, 0.6) is 0 Å². The predicted octanol–water partition coefficient (Wildman–Crippen LogP) is 3.41. The number of rotatable bonds is 7. The zero-order chi connectivity index (χ0) is 15.5. The van der Waals surface area contributed by atoms with Crippen molar-refractivity contribution in [3.05, 3.63) is 0 Å². The summed E-state index contributed by atoms with van der Waals surface area (Å²) in [5, 5.41) is 0. The highest BCUT2D eigenvalue weighted by Crippen LogP contribution is 2.45. The molecule has 0 aromatic carbocycles. The SMILES string of the molecule is C#CCOCC(C)(F)OC(C)(C)C(F)(F)C(C)(F)F. The monoisotopic (exact) mass is 288 g/mol. The lowest BCUT2D eigenvalue weighted by atomic mass is 9.95. The lowest BCUT2D eigenvalue weighted by Crippen LogP contribution is -2.58. The first-order chi connectivity index (χ1) is 8.27. The van der Waals surface area contributed by atoms with Gasteiger partial charge in [0.25, 0.3) is 0 Å². The summed E-state index contributed by atoms with van der Waals surface area (Å²) in [6, 6.07) is 0. The van der Waals surface area contributed by atoms with E-state index in [1.165, 1.54) is 0 Å². The van der Waals surface area contributed by atoms with Crippen molar-refractivity contribution in [2.45, 2.75) is 51.0 Å². The van der Waals surface area contributed by atoms with Crippen molar-refractivity contribution in [1.82, 2.24) is 0 Å². The summed E-state index contributed by atoms with van der Waals surface area (Å²) in [6.45, 7) is 1.22. The van der Waals surface area contributed by atoms with Gasteiger partial charge in [-0.25, -0.2) is 13.2 Å². The maximum Gasteiger partial charge on any atom is 0.337 e. The molecule has 0 rings (SSSR count). The van der Waals surface area contributed by atoms with Crippen LogP contribution in [0.1, 0.15) is 27.7 Å². The fourth-order valence-corrected chi connectivity index (χ4v) is 1.45. The Hall–Kier alpha value is -0.870. The van der Waals surface area contributed by atoms with E-state index in [1.54, 1.807) is 0 Å². The Labute approximate surface area is 109 Å². The molecule has 0 heterocycles. The third kappa shape index (κ3) is 4.62. The number of hydrogen-bond acceptors (Lipinski definition) is 2. The molecule has 0 aromatic rings. The summed E-state index contributed by atoms with van der Waals surface area (Å²) >= 11 is 0.